The van der Waals surface area contributed by atoms with Crippen LogP contribution in [0.2, 0.25) is 5.02 Å². The summed E-state index contributed by atoms with van der Waals surface area (Å²) in [5.41, 5.74) is 1.83. The predicted molar refractivity (Wildman–Crippen MR) is 91.2 cm³/mol. The van der Waals surface area contributed by atoms with E-state index >= 15 is 0 Å². The van der Waals surface area contributed by atoms with Gasteiger partial charge in [0, 0.05) is 10.6 Å². The summed E-state index contributed by atoms with van der Waals surface area (Å²) in [4.78, 5) is 12.0. The Morgan fingerprint density at radius 3 is 2.70 bits per heavy atom. The van der Waals surface area contributed by atoms with Crippen LogP contribution in [0.15, 0.2) is 42.5 Å². The van der Waals surface area contributed by atoms with Gasteiger partial charge in [-0.3, -0.25) is 4.79 Å². The molecule has 0 saturated heterocycles. The van der Waals surface area contributed by atoms with E-state index in [1.165, 1.54) is 0 Å². The lowest BCUT2D eigenvalue weighted by Gasteiger charge is -2.17. The fourth-order valence-electron chi connectivity index (χ4n) is 2.24. The third-order valence-corrected chi connectivity index (χ3v) is 3.91. The minimum atomic E-state index is -0.198. The highest BCUT2D eigenvalue weighted by Gasteiger charge is 2.14. The lowest BCUT2D eigenvalue weighted by Crippen LogP contribution is -2.31. The van der Waals surface area contributed by atoms with Gasteiger partial charge in [-0.05, 0) is 43.7 Å². The zero-order chi connectivity index (χ0) is 16.8. The normalized spacial score (nSPS) is 11.7. The van der Waals surface area contributed by atoms with Gasteiger partial charge in [-0.25, -0.2) is 0 Å². The average Bonchev–Trinajstić information content (AvgIpc) is 2.55. The zero-order valence-electron chi connectivity index (χ0n) is 13.4. The van der Waals surface area contributed by atoms with E-state index in [2.05, 4.69) is 5.32 Å². The van der Waals surface area contributed by atoms with Crippen LogP contribution in [0.4, 0.5) is 0 Å². The molecule has 0 radical (unpaired) electrons. The third-order valence-electron chi connectivity index (χ3n) is 3.48. The number of carbonyl (C=O) groups excluding carboxylic acids is 1. The number of hydrogen-bond acceptors (Lipinski definition) is 3. The van der Waals surface area contributed by atoms with Gasteiger partial charge < -0.3 is 14.8 Å². The first kappa shape index (κ1) is 17.2. The predicted octanol–water partition coefficient (Wildman–Crippen LogP) is 3.91. The maximum Gasteiger partial charge on any atom is 0.258 e. The molecule has 1 unspecified atom stereocenters. The highest BCUT2D eigenvalue weighted by molar-refractivity contribution is 6.31. The molecule has 2 aromatic carbocycles. The van der Waals surface area contributed by atoms with Gasteiger partial charge in [0.15, 0.2) is 6.61 Å². The van der Waals surface area contributed by atoms with Crippen LogP contribution in [0.1, 0.15) is 24.1 Å². The van der Waals surface area contributed by atoms with E-state index in [1.807, 2.05) is 38.1 Å². The van der Waals surface area contributed by atoms with E-state index in [0.717, 1.165) is 16.9 Å². The van der Waals surface area contributed by atoms with Crippen molar-refractivity contribution in [2.45, 2.75) is 19.9 Å². The summed E-state index contributed by atoms with van der Waals surface area (Å²) in [6.07, 6.45) is 0. The van der Waals surface area contributed by atoms with Crippen LogP contribution < -0.4 is 14.8 Å². The lowest BCUT2D eigenvalue weighted by molar-refractivity contribution is -0.123. The molecule has 5 heteroatoms. The van der Waals surface area contributed by atoms with Crippen molar-refractivity contribution in [2.75, 3.05) is 13.7 Å². The quantitative estimate of drug-likeness (QED) is 0.871. The van der Waals surface area contributed by atoms with Crippen LogP contribution >= 0.6 is 11.6 Å². The van der Waals surface area contributed by atoms with E-state index < -0.39 is 0 Å². The minimum absolute atomic E-state index is 0.0550. The number of benzene rings is 2. The number of aryl methyl sites for hydroxylation is 1. The van der Waals surface area contributed by atoms with Crippen molar-refractivity contribution in [3.8, 4) is 11.5 Å². The summed E-state index contributed by atoms with van der Waals surface area (Å²) in [7, 11) is 1.61. The van der Waals surface area contributed by atoms with Crippen molar-refractivity contribution in [2.24, 2.45) is 0 Å². The van der Waals surface area contributed by atoms with Crippen LogP contribution in [0.25, 0.3) is 0 Å². The van der Waals surface area contributed by atoms with Crippen molar-refractivity contribution in [3.05, 3.63) is 58.6 Å². The van der Waals surface area contributed by atoms with Gasteiger partial charge in [-0.2, -0.15) is 0 Å². The van der Waals surface area contributed by atoms with Crippen LogP contribution in [0.3, 0.4) is 0 Å². The first-order chi connectivity index (χ1) is 11.0. The smallest absolute Gasteiger partial charge is 0.258 e. The van der Waals surface area contributed by atoms with Crippen molar-refractivity contribution in [1.29, 1.82) is 0 Å². The Balaban J connectivity index is 1.92. The second-order valence-electron chi connectivity index (χ2n) is 5.23. The molecule has 1 N–H and O–H groups in total. The third kappa shape index (κ3) is 4.63. The number of rotatable bonds is 6. The molecule has 0 aliphatic rings. The standard InChI is InChI=1S/C18H20ClNO3/c1-12-10-14(8-9-16(12)19)23-11-18(21)20-13(2)15-6-4-5-7-17(15)22-3/h4-10,13H,11H2,1-3H3,(H,20,21). The zero-order valence-corrected chi connectivity index (χ0v) is 14.2. The molecule has 0 spiro atoms. The molecule has 0 heterocycles. The number of ether oxygens (including phenoxy) is 2. The molecule has 0 saturated carbocycles. The van der Waals surface area contributed by atoms with Gasteiger partial charge in [0.2, 0.25) is 0 Å². The Kier molecular flexibility index (Phi) is 5.88. The molecule has 0 aromatic heterocycles. The summed E-state index contributed by atoms with van der Waals surface area (Å²) in [5.74, 6) is 1.16. The van der Waals surface area contributed by atoms with Crippen LogP contribution in [0.5, 0.6) is 11.5 Å². The largest absolute Gasteiger partial charge is 0.496 e. The van der Waals surface area contributed by atoms with E-state index in [9.17, 15) is 4.79 Å². The van der Waals surface area contributed by atoms with Crippen LogP contribution in [-0.2, 0) is 4.79 Å². The molecular weight excluding hydrogens is 314 g/mol. The first-order valence-corrected chi connectivity index (χ1v) is 7.70. The summed E-state index contributed by atoms with van der Waals surface area (Å²) in [6, 6.07) is 12.7. The van der Waals surface area contributed by atoms with Crippen LogP contribution in [0, 0.1) is 6.92 Å². The molecule has 2 aromatic rings. The Bertz CT molecular complexity index is 688. The van der Waals surface area contributed by atoms with Gasteiger partial charge in [0.25, 0.3) is 5.91 Å². The van der Waals surface area contributed by atoms with Gasteiger partial charge >= 0.3 is 0 Å². The number of halogens is 1. The van der Waals surface area contributed by atoms with Crippen molar-refractivity contribution in [1.82, 2.24) is 5.32 Å². The summed E-state index contributed by atoms with van der Waals surface area (Å²) >= 11 is 5.96. The second-order valence-corrected chi connectivity index (χ2v) is 5.64. The molecule has 2 rings (SSSR count). The van der Waals surface area contributed by atoms with Crippen molar-refractivity contribution < 1.29 is 14.3 Å². The monoisotopic (exact) mass is 333 g/mol. The summed E-state index contributed by atoms with van der Waals surface area (Å²) < 4.78 is 10.8. The summed E-state index contributed by atoms with van der Waals surface area (Å²) in [6.45, 7) is 3.74. The second kappa shape index (κ2) is 7.88. The SMILES string of the molecule is COc1ccccc1C(C)NC(=O)COc1ccc(Cl)c(C)c1. The lowest BCUT2D eigenvalue weighted by atomic mass is 10.1. The maximum atomic E-state index is 12.0. The highest BCUT2D eigenvalue weighted by Crippen LogP contribution is 2.24. The molecule has 0 aliphatic heterocycles. The molecule has 4 nitrogen and oxygen atoms in total. The number of amides is 1. The highest BCUT2D eigenvalue weighted by atomic mass is 35.5. The number of hydrogen-bond donors (Lipinski definition) is 1. The Morgan fingerprint density at radius 1 is 1.26 bits per heavy atom. The molecule has 0 aliphatic carbocycles. The Hall–Kier alpha value is -2.20. The van der Waals surface area contributed by atoms with E-state index in [4.69, 9.17) is 21.1 Å². The summed E-state index contributed by atoms with van der Waals surface area (Å²) in [5, 5.41) is 3.57. The van der Waals surface area contributed by atoms with E-state index in [-0.39, 0.29) is 18.6 Å². The molecule has 122 valence electrons. The van der Waals surface area contributed by atoms with Crippen LogP contribution in [-0.4, -0.2) is 19.6 Å². The number of para-hydroxylation sites is 1. The van der Waals surface area contributed by atoms with Gasteiger partial charge in [0.1, 0.15) is 11.5 Å². The maximum absolute atomic E-state index is 12.0. The molecule has 0 bridgehead atoms. The van der Waals surface area contributed by atoms with Crippen molar-refractivity contribution >= 4 is 17.5 Å². The van der Waals surface area contributed by atoms with E-state index in [0.29, 0.717) is 10.8 Å². The molecule has 23 heavy (non-hydrogen) atoms. The first-order valence-electron chi connectivity index (χ1n) is 7.32. The van der Waals surface area contributed by atoms with Gasteiger partial charge in [-0.15, -0.1) is 0 Å². The number of methoxy groups -OCH3 is 1. The van der Waals surface area contributed by atoms with Gasteiger partial charge in [0.05, 0.1) is 13.2 Å². The fraction of sp³-hybridized carbons (Fsp3) is 0.278. The van der Waals surface area contributed by atoms with Gasteiger partial charge in [-0.1, -0.05) is 29.8 Å². The topological polar surface area (TPSA) is 47.6 Å². The van der Waals surface area contributed by atoms with Crippen molar-refractivity contribution in [3.63, 3.8) is 0 Å². The number of carbonyl (C=O) groups is 1. The average molecular weight is 334 g/mol. The molecule has 1 atom stereocenters. The Labute approximate surface area is 141 Å². The number of nitrogens with one attached hydrogen (secondary N) is 1. The molecule has 0 fully saturated rings. The minimum Gasteiger partial charge on any atom is -0.496 e. The fourth-order valence-corrected chi connectivity index (χ4v) is 2.36. The van der Waals surface area contributed by atoms with E-state index in [1.54, 1.807) is 25.3 Å². The Morgan fingerprint density at radius 2 is 2.00 bits per heavy atom. The molecular formula is C18H20ClNO3. The molecule has 1 amide bonds.